The number of anilines is 1. The summed E-state index contributed by atoms with van der Waals surface area (Å²) in [6.07, 6.45) is 3.39. The van der Waals surface area contributed by atoms with Crippen molar-refractivity contribution in [3.8, 4) is 0 Å². The lowest BCUT2D eigenvalue weighted by atomic mass is 9.81. The number of rotatable bonds is 7. The number of Topliss-reactive ketones (excluding diaryl/α,β-unsaturated/α-hetero) is 1. The molecule has 4 nitrogen and oxygen atoms in total. The standard InChI is InChI=1S/C26H23N3O/c1-19-13-15-21(16-14-19)24(29-26-27-17-8-18-28-26)23(20-9-4-2-5-10-20)25(30)22-11-6-3-7-12-22/h2-18,23-24H,1H3,(H,27,28,29)/t23-,24-/m0/s1. The molecule has 0 unspecified atom stereocenters. The topological polar surface area (TPSA) is 54.9 Å². The highest BCUT2D eigenvalue weighted by Gasteiger charge is 2.32. The van der Waals surface area contributed by atoms with E-state index in [1.807, 2.05) is 60.7 Å². The quantitative estimate of drug-likeness (QED) is 0.415. The minimum absolute atomic E-state index is 0.0517. The predicted octanol–water partition coefficient (Wildman–Crippen LogP) is 5.60. The van der Waals surface area contributed by atoms with Crippen LogP contribution in [0.5, 0.6) is 0 Å². The number of carbonyl (C=O) groups excluding carboxylic acids is 1. The molecule has 1 aromatic heterocycles. The molecule has 4 rings (SSSR count). The fraction of sp³-hybridized carbons (Fsp3) is 0.115. The zero-order valence-electron chi connectivity index (χ0n) is 16.8. The van der Waals surface area contributed by atoms with E-state index in [9.17, 15) is 4.79 Å². The summed E-state index contributed by atoms with van der Waals surface area (Å²) in [5.74, 6) is 0.0980. The first-order valence-corrected chi connectivity index (χ1v) is 9.97. The number of carbonyl (C=O) groups is 1. The van der Waals surface area contributed by atoms with E-state index in [1.165, 1.54) is 5.56 Å². The predicted molar refractivity (Wildman–Crippen MR) is 120 cm³/mol. The molecule has 0 radical (unpaired) electrons. The number of nitrogens with zero attached hydrogens (tertiary/aromatic N) is 2. The summed E-state index contributed by atoms with van der Waals surface area (Å²) in [5, 5.41) is 3.42. The van der Waals surface area contributed by atoms with Crippen molar-refractivity contribution >= 4 is 11.7 Å². The van der Waals surface area contributed by atoms with E-state index < -0.39 is 5.92 Å². The first-order valence-electron chi connectivity index (χ1n) is 9.97. The molecule has 0 aliphatic carbocycles. The van der Waals surface area contributed by atoms with Crippen LogP contribution < -0.4 is 5.32 Å². The third-order valence-electron chi connectivity index (χ3n) is 5.12. The monoisotopic (exact) mass is 393 g/mol. The largest absolute Gasteiger partial charge is 0.346 e. The van der Waals surface area contributed by atoms with Crippen LogP contribution in [0, 0.1) is 6.92 Å². The van der Waals surface area contributed by atoms with E-state index >= 15 is 0 Å². The van der Waals surface area contributed by atoms with Crippen molar-refractivity contribution in [2.24, 2.45) is 0 Å². The summed E-state index contributed by atoms with van der Waals surface area (Å²) >= 11 is 0. The van der Waals surface area contributed by atoms with Gasteiger partial charge in [-0.3, -0.25) is 4.79 Å². The Bertz CT molecular complexity index is 1080. The van der Waals surface area contributed by atoms with E-state index in [2.05, 4.69) is 46.5 Å². The van der Waals surface area contributed by atoms with Gasteiger partial charge in [0.15, 0.2) is 5.78 Å². The van der Waals surface area contributed by atoms with Gasteiger partial charge in [-0.2, -0.15) is 0 Å². The van der Waals surface area contributed by atoms with Gasteiger partial charge in [0.2, 0.25) is 5.95 Å². The maximum Gasteiger partial charge on any atom is 0.223 e. The van der Waals surface area contributed by atoms with Crippen LogP contribution in [0.15, 0.2) is 103 Å². The molecular formula is C26H23N3O. The zero-order valence-corrected chi connectivity index (χ0v) is 16.8. The summed E-state index contributed by atoms with van der Waals surface area (Å²) in [7, 11) is 0. The molecule has 1 N–H and O–H groups in total. The molecule has 0 aliphatic rings. The number of hydrogen-bond acceptors (Lipinski definition) is 4. The second-order valence-corrected chi connectivity index (χ2v) is 7.22. The molecule has 2 atom stereocenters. The Morgan fingerprint density at radius 2 is 1.33 bits per heavy atom. The van der Waals surface area contributed by atoms with Crippen LogP contribution >= 0.6 is 0 Å². The number of nitrogens with one attached hydrogen (secondary N) is 1. The van der Waals surface area contributed by atoms with Gasteiger partial charge in [0.1, 0.15) is 0 Å². The summed E-state index contributed by atoms with van der Waals surface area (Å²) in [5.41, 5.74) is 3.80. The molecule has 0 amide bonds. The summed E-state index contributed by atoms with van der Waals surface area (Å²) in [6, 6.07) is 29.0. The van der Waals surface area contributed by atoms with Gasteiger partial charge in [0.05, 0.1) is 12.0 Å². The minimum atomic E-state index is -0.444. The van der Waals surface area contributed by atoms with Crippen molar-refractivity contribution in [1.82, 2.24) is 9.97 Å². The van der Waals surface area contributed by atoms with Crippen molar-refractivity contribution < 1.29 is 4.79 Å². The first-order chi connectivity index (χ1) is 14.7. The molecule has 3 aromatic carbocycles. The van der Waals surface area contributed by atoms with Gasteiger partial charge < -0.3 is 5.32 Å². The van der Waals surface area contributed by atoms with Gasteiger partial charge in [-0.1, -0.05) is 90.5 Å². The lowest BCUT2D eigenvalue weighted by molar-refractivity contribution is 0.0950. The average molecular weight is 393 g/mol. The molecule has 0 saturated heterocycles. The Morgan fingerprint density at radius 3 is 1.97 bits per heavy atom. The SMILES string of the molecule is Cc1ccc([C@H](Nc2ncccn2)[C@@H](C(=O)c2ccccc2)c2ccccc2)cc1. The van der Waals surface area contributed by atoms with E-state index in [1.54, 1.807) is 18.5 Å². The Balaban J connectivity index is 1.83. The van der Waals surface area contributed by atoms with Gasteiger partial charge in [0, 0.05) is 18.0 Å². The Morgan fingerprint density at radius 1 is 0.733 bits per heavy atom. The highest BCUT2D eigenvalue weighted by atomic mass is 16.1. The van der Waals surface area contributed by atoms with Crippen molar-refractivity contribution in [2.45, 2.75) is 18.9 Å². The highest BCUT2D eigenvalue weighted by Crippen LogP contribution is 2.36. The molecule has 148 valence electrons. The van der Waals surface area contributed by atoms with Crippen LogP contribution in [-0.4, -0.2) is 15.8 Å². The zero-order chi connectivity index (χ0) is 20.8. The van der Waals surface area contributed by atoms with Crippen LogP contribution in [-0.2, 0) is 0 Å². The van der Waals surface area contributed by atoms with Gasteiger partial charge in [0.25, 0.3) is 0 Å². The van der Waals surface area contributed by atoms with Gasteiger partial charge in [-0.15, -0.1) is 0 Å². The first kappa shape index (κ1) is 19.5. The number of benzene rings is 3. The van der Waals surface area contributed by atoms with Crippen LogP contribution in [0.3, 0.4) is 0 Å². The van der Waals surface area contributed by atoms with Gasteiger partial charge >= 0.3 is 0 Å². The van der Waals surface area contributed by atoms with Crippen molar-refractivity contribution in [1.29, 1.82) is 0 Å². The van der Waals surface area contributed by atoms with Crippen molar-refractivity contribution in [3.05, 3.63) is 126 Å². The molecular weight excluding hydrogens is 370 g/mol. The maximum absolute atomic E-state index is 13.7. The van der Waals surface area contributed by atoms with Gasteiger partial charge in [-0.25, -0.2) is 9.97 Å². The van der Waals surface area contributed by atoms with Crippen LogP contribution in [0.4, 0.5) is 5.95 Å². The maximum atomic E-state index is 13.7. The van der Waals surface area contributed by atoms with Crippen LogP contribution in [0.2, 0.25) is 0 Å². The molecule has 1 heterocycles. The summed E-state index contributed by atoms with van der Waals surface area (Å²) in [4.78, 5) is 22.4. The smallest absolute Gasteiger partial charge is 0.223 e. The fourth-order valence-corrected chi connectivity index (χ4v) is 3.58. The number of hydrogen-bond donors (Lipinski definition) is 1. The third kappa shape index (κ3) is 4.44. The number of aryl methyl sites for hydroxylation is 1. The molecule has 0 saturated carbocycles. The molecule has 0 spiro atoms. The molecule has 0 fully saturated rings. The Hall–Kier alpha value is -3.79. The molecule has 0 aliphatic heterocycles. The average Bonchev–Trinajstić information content (AvgIpc) is 2.81. The van der Waals surface area contributed by atoms with Gasteiger partial charge in [-0.05, 0) is 24.1 Å². The van der Waals surface area contributed by atoms with E-state index in [-0.39, 0.29) is 11.8 Å². The Labute approximate surface area is 176 Å². The lowest BCUT2D eigenvalue weighted by Crippen LogP contribution is -2.27. The minimum Gasteiger partial charge on any atom is -0.346 e. The third-order valence-corrected chi connectivity index (χ3v) is 5.12. The second kappa shape index (κ2) is 9.14. The van der Waals surface area contributed by atoms with Crippen molar-refractivity contribution in [2.75, 3.05) is 5.32 Å². The molecule has 4 heteroatoms. The molecule has 4 aromatic rings. The second-order valence-electron chi connectivity index (χ2n) is 7.22. The molecule has 0 bridgehead atoms. The van der Waals surface area contributed by atoms with E-state index in [0.717, 1.165) is 11.1 Å². The highest BCUT2D eigenvalue weighted by molar-refractivity contribution is 6.01. The number of ketones is 1. The number of aromatic nitrogens is 2. The van der Waals surface area contributed by atoms with Crippen molar-refractivity contribution in [3.63, 3.8) is 0 Å². The lowest BCUT2D eigenvalue weighted by Gasteiger charge is -2.28. The Kier molecular flexibility index (Phi) is 5.95. The molecule has 30 heavy (non-hydrogen) atoms. The normalized spacial score (nSPS) is 12.7. The van der Waals surface area contributed by atoms with E-state index in [4.69, 9.17) is 0 Å². The summed E-state index contributed by atoms with van der Waals surface area (Å²) < 4.78 is 0. The summed E-state index contributed by atoms with van der Waals surface area (Å²) in [6.45, 7) is 2.05. The van der Waals surface area contributed by atoms with Crippen LogP contribution in [0.25, 0.3) is 0 Å². The van der Waals surface area contributed by atoms with Crippen LogP contribution in [0.1, 0.15) is 39.0 Å². The fourth-order valence-electron chi connectivity index (χ4n) is 3.58. The van der Waals surface area contributed by atoms with E-state index in [0.29, 0.717) is 11.5 Å².